The second-order valence-electron chi connectivity index (χ2n) is 7.86. The van der Waals surface area contributed by atoms with Crippen molar-refractivity contribution in [1.29, 1.82) is 5.26 Å². The third kappa shape index (κ3) is 5.73. The minimum Gasteiger partial charge on any atom is -0.493 e. The zero-order valence-electron chi connectivity index (χ0n) is 19.1. The van der Waals surface area contributed by atoms with Gasteiger partial charge in [0.05, 0.1) is 20.3 Å². The zero-order chi connectivity index (χ0) is 23.8. The minimum atomic E-state index is -0.469. The van der Waals surface area contributed by atoms with E-state index in [-0.39, 0.29) is 5.57 Å². The van der Waals surface area contributed by atoms with E-state index in [9.17, 15) is 10.1 Å². The van der Waals surface area contributed by atoms with E-state index in [2.05, 4.69) is 10.2 Å². The number of fused-ring (bicyclic) bond motifs is 1. The maximum absolute atomic E-state index is 12.8. The molecule has 1 heterocycles. The SMILES string of the molecule is COc1cc(C=C(C#N)C(=O)Nc2cccc3ccccc23)ccc1OCCN1CCOCC1. The van der Waals surface area contributed by atoms with Crippen molar-refractivity contribution in [3.8, 4) is 17.6 Å². The van der Waals surface area contributed by atoms with Crippen molar-refractivity contribution in [2.24, 2.45) is 0 Å². The molecular weight excluding hydrogens is 430 g/mol. The summed E-state index contributed by atoms with van der Waals surface area (Å²) >= 11 is 0. The summed E-state index contributed by atoms with van der Waals surface area (Å²) in [5, 5.41) is 14.4. The molecule has 1 amide bonds. The quantitative estimate of drug-likeness (QED) is 0.405. The molecule has 0 radical (unpaired) electrons. The van der Waals surface area contributed by atoms with Crippen LogP contribution in [0.1, 0.15) is 5.56 Å². The van der Waals surface area contributed by atoms with Crippen molar-refractivity contribution in [2.45, 2.75) is 0 Å². The summed E-state index contributed by atoms with van der Waals surface area (Å²) in [6, 6.07) is 20.8. The van der Waals surface area contributed by atoms with Gasteiger partial charge < -0.3 is 19.5 Å². The topological polar surface area (TPSA) is 83.8 Å². The first-order valence-corrected chi connectivity index (χ1v) is 11.2. The number of nitriles is 1. The van der Waals surface area contributed by atoms with E-state index in [0.717, 1.165) is 43.6 Å². The molecule has 4 rings (SSSR count). The molecule has 1 N–H and O–H groups in total. The van der Waals surface area contributed by atoms with Gasteiger partial charge in [0.2, 0.25) is 0 Å². The van der Waals surface area contributed by atoms with Gasteiger partial charge in [-0.25, -0.2) is 0 Å². The highest BCUT2D eigenvalue weighted by atomic mass is 16.5. The molecule has 1 aliphatic rings. The Morgan fingerprint density at radius 3 is 2.71 bits per heavy atom. The van der Waals surface area contributed by atoms with Gasteiger partial charge in [-0.3, -0.25) is 9.69 Å². The lowest BCUT2D eigenvalue weighted by atomic mass is 10.1. The number of benzene rings is 3. The Kier molecular flexibility index (Phi) is 7.76. The molecule has 0 atom stereocenters. The summed E-state index contributed by atoms with van der Waals surface area (Å²) in [7, 11) is 1.57. The summed E-state index contributed by atoms with van der Waals surface area (Å²) in [5.41, 5.74) is 1.32. The molecule has 1 saturated heterocycles. The lowest BCUT2D eigenvalue weighted by Gasteiger charge is -2.26. The molecule has 0 spiro atoms. The first-order chi connectivity index (χ1) is 16.7. The molecule has 0 unspecified atom stereocenters. The predicted molar refractivity (Wildman–Crippen MR) is 132 cm³/mol. The number of rotatable bonds is 8. The third-order valence-electron chi connectivity index (χ3n) is 5.67. The van der Waals surface area contributed by atoms with Crippen LogP contribution in [0, 0.1) is 11.3 Å². The van der Waals surface area contributed by atoms with Crippen molar-refractivity contribution in [3.05, 3.63) is 71.8 Å². The van der Waals surface area contributed by atoms with Crippen LogP contribution < -0.4 is 14.8 Å². The van der Waals surface area contributed by atoms with Gasteiger partial charge in [-0.2, -0.15) is 5.26 Å². The number of methoxy groups -OCH3 is 1. The molecular formula is C27H27N3O4. The number of morpholine rings is 1. The molecule has 0 aliphatic carbocycles. The van der Waals surface area contributed by atoms with Crippen LogP contribution in [0.5, 0.6) is 11.5 Å². The van der Waals surface area contributed by atoms with Gasteiger partial charge in [0, 0.05) is 30.7 Å². The number of hydrogen-bond acceptors (Lipinski definition) is 6. The highest BCUT2D eigenvalue weighted by molar-refractivity contribution is 6.12. The Balaban J connectivity index is 1.45. The fraction of sp³-hybridized carbons (Fsp3) is 0.259. The van der Waals surface area contributed by atoms with E-state index in [1.807, 2.05) is 48.5 Å². The molecule has 0 aromatic heterocycles. The molecule has 34 heavy (non-hydrogen) atoms. The van der Waals surface area contributed by atoms with Gasteiger partial charge in [-0.1, -0.05) is 42.5 Å². The molecule has 174 valence electrons. The average Bonchev–Trinajstić information content (AvgIpc) is 2.88. The number of ether oxygens (including phenoxy) is 3. The van der Waals surface area contributed by atoms with Crippen LogP contribution in [-0.2, 0) is 9.53 Å². The van der Waals surface area contributed by atoms with Crippen molar-refractivity contribution in [1.82, 2.24) is 4.90 Å². The van der Waals surface area contributed by atoms with E-state index in [1.165, 1.54) is 0 Å². The zero-order valence-corrected chi connectivity index (χ0v) is 19.1. The Hall–Kier alpha value is -3.86. The number of amides is 1. The van der Waals surface area contributed by atoms with E-state index in [0.29, 0.717) is 29.4 Å². The monoisotopic (exact) mass is 457 g/mol. The standard InChI is InChI=1S/C27H27N3O4/c1-32-26-18-20(9-10-25(26)34-16-13-30-11-14-33-15-12-30)17-22(19-28)27(31)29-24-8-4-6-21-5-2-3-7-23(21)24/h2-10,17-18H,11-16H2,1H3,(H,29,31). The smallest absolute Gasteiger partial charge is 0.266 e. The molecule has 1 fully saturated rings. The predicted octanol–water partition coefficient (Wildman–Crippen LogP) is 4.11. The average molecular weight is 458 g/mol. The van der Waals surface area contributed by atoms with Gasteiger partial charge in [-0.15, -0.1) is 0 Å². The Morgan fingerprint density at radius 1 is 1.12 bits per heavy atom. The van der Waals surface area contributed by atoms with E-state index < -0.39 is 5.91 Å². The summed E-state index contributed by atoms with van der Waals surface area (Å²) < 4.78 is 16.8. The molecule has 3 aromatic carbocycles. The fourth-order valence-electron chi connectivity index (χ4n) is 3.84. The molecule has 0 bridgehead atoms. The number of anilines is 1. The van der Waals surface area contributed by atoms with Crippen LogP contribution in [0.4, 0.5) is 5.69 Å². The highest BCUT2D eigenvalue weighted by Gasteiger charge is 2.14. The minimum absolute atomic E-state index is 0.00373. The van der Waals surface area contributed by atoms with Crippen LogP contribution in [0.15, 0.2) is 66.2 Å². The van der Waals surface area contributed by atoms with Crippen molar-refractivity contribution in [3.63, 3.8) is 0 Å². The number of carbonyl (C=O) groups excluding carboxylic acids is 1. The summed E-state index contributed by atoms with van der Waals surface area (Å²) in [6.07, 6.45) is 1.54. The van der Waals surface area contributed by atoms with Gasteiger partial charge in [0.1, 0.15) is 18.2 Å². The third-order valence-corrected chi connectivity index (χ3v) is 5.67. The van der Waals surface area contributed by atoms with Crippen LogP contribution in [0.3, 0.4) is 0 Å². The summed E-state index contributed by atoms with van der Waals surface area (Å²) in [6.45, 7) is 4.65. The van der Waals surface area contributed by atoms with Gasteiger partial charge in [-0.05, 0) is 35.2 Å². The van der Waals surface area contributed by atoms with Crippen molar-refractivity contribution in [2.75, 3.05) is 51.9 Å². The van der Waals surface area contributed by atoms with Crippen molar-refractivity contribution >= 4 is 28.4 Å². The number of hydrogen-bond donors (Lipinski definition) is 1. The first kappa shape index (κ1) is 23.3. The lowest BCUT2D eigenvalue weighted by Crippen LogP contribution is -2.38. The maximum atomic E-state index is 12.8. The molecule has 3 aromatic rings. The van der Waals surface area contributed by atoms with Crippen LogP contribution in [0.25, 0.3) is 16.8 Å². The van der Waals surface area contributed by atoms with Gasteiger partial charge in [0.25, 0.3) is 5.91 Å². The second-order valence-corrected chi connectivity index (χ2v) is 7.86. The number of nitrogens with zero attached hydrogens (tertiary/aromatic N) is 2. The van der Waals surface area contributed by atoms with Gasteiger partial charge in [0.15, 0.2) is 11.5 Å². The molecule has 7 nitrogen and oxygen atoms in total. The Morgan fingerprint density at radius 2 is 1.91 bits per heavy atom. The van der Waals surface area contributed by atoms with E-state index >= 15 is 0 Å². The lowest BCUT2D eigenvalue weighted by molar-refractivity contribution is -0.112. The second kappa shape index (κ2) is 11.3. The molecule has 7 heteroatoms. The van der Waals surface area contributed by atoms with Gasteiger partial charge >= 0.3 is 0 Å². The van der Waals surface area contributed by atoms with E-state index in [1.54, 1.807) is 31.4 Å². The number of carbonyl (C=O) groups is 1. The fourth-order valence-corrected chi connectivity index (χ4v) is 3.84. The van der Waals surface area contributed by atoms with Crippen LogP contribution in [-0.4, -0.2) is 57.4 Å². The van der Waals surface area contributed by atoms with Crippen LogP contribution in [0.2, 0.25) is 0 Å². The largest absolute Gasteiger partial charge is 0.493 e. The maximum Gasteiger partial charge on any atom is 0.266 e. The first-order valence-electron chi connectivity index (χ1n) is 11.2. The van der Waals surface area contributed by atoms with E-state index in [4.69, 9.17) is 14.2 Å². The van der Waals surface area contributed by atoms with Crippen molar-refractivity contribution < 1.29 is 19.0 Å². The Bertz CT molecular complexity index is 1220. The molecule has 0 saturated carbocycles. The summed E-state index contributed by atoms with van der Waals surface area (Å²) in [5.74, 6) is 0.692. The highest BCUT2D eigenvalue weighted by Crippen LogP contribution is 2.29. The Labute approximate surface area is 199 Å². The normalized spacial score (nSPS) is 14.4. The number of nitrogens with one attached hydrogen (secondary N) is 1. The molecule has 1 aliphatic heterocycles. The van der Waals surface area contributed by atoms with Crippen LogP contribution >= 0.6 is 0 Å². The summed E-state index contributed by atoms with van der Waals surface area (Å²) in [4.78, 5) is 15.1.